The minimum absolute atomic E-state index is 0.0902. The molecule has 1 unspecified atom stereocenters. The lowest BCUT2D eigenvalue weighted by atomic mass is 10.1. The predicted molar refractivity (Wildman–Crippen MR) is 66.7 cm³/mol. The highest BCUT2D eigenvalue weighted by Gasteiger charge is 2.19. The number of nitrogens with zero attached hydrogens (tertiary/aromatic N) is 2. The van der Waals surface area contributed by atoms with Crippen molar-refractivity contribution < 1.29 is 4.42 Å². The van der Waals surface area contributed by atoms with Gasteiger partial charge in [-0.3, -0.25) is 4.68 Å². The number of furan rings is 1. The van der Waals surface area contributed by atoms with Crippen LogP contribution < -0.4 is 5.32 Å². The fourth-order valence-electron chi connectivity index (χ4n) is 1.95. The zero-order chi connectivity index (χ0) is 12.1. The van der Waals surface area contributed by atoms with Crippen molar-refractivity contribution in [3.05, 3.63) is 42.1 Å². The summed E-state index contributed by atoms with van der Waals surface area (Å²) in [4.78, 5) is 0. The molecule has 0 spiro atoms. The molecule has 1 atom stereocenters. The van der Waals surface area contributed by atoms with Gasteiger partial charge in [-0.15, -0.1) is 0 Å². The van der Waals surface area contributed by atoms with E-state index in [0.717, 1.165) is 31.0 Å². The van der Waals surface area contributed by atoms with Crippen molar-refractivity contribution in [3.63, 3.8) is 0 Å². The maximum atomic E-state index is 5.51. The second-order valence-electron chi connectivity index (χ2n) is 3.97. The smallest absolute Gasteiger partial charge is 0.126 e. The molecular weight excluding hydrogens is 214 g/mol. The quantitative estimate of drug-likeness (QED) is 0.834. The lowest BCUT2D eigenvalue weighted by Gasteiger charge is -2.17. The Kier molecular flexibility index (Phi) is 3.98. The first kappa shape index (κ1) is 11.9. The van der Waals surface area contributed by atoms with Gasteiger partial charge in [0, 0.05) is 12.7 Å². The van der Waals surface area contributed by atoms with Gasteiger partial charge in [0.2, 0.25) is 0 Å². The van der Waals surface area contributed by atoms with Crippen molar-refractivity contribution in [2.45, 2.75) is 32.9 Å². The highest BCUT2D eigenvalue weighted by atomic mass is 16.3. The van der Waals surface area contributed by atoms with Gasteiger partial charge in [-0.1, -0.05) is 6.92 Å². The molecule has 0 saturated carbocycles. The normalized spacial score (nSPS) is 12.8. The fourth-order valence-corrected chi connectivity index (χ4v) is 1.95. The predicted octanol–water partition coefficient (Wildman–Crippen LogP) is 2.59. The van der Waals surface area contributed by atoms with Crippen LogP contribution in [0.25, 0.3) is 0 Å². The largest absolute Gasteiger partial charge is 0.467 e. The van der Waals surface area contributed by atoms with Crippen LogP contribution in [0.4, 0.5) is 0 Å². The molecule has 1 N–H and O–H groups in total. The van der Waals surface area contributed by atoms with Crippen molar-refractivity contribution in [3.8, 4) is 0 Å². The minimum atomic E-state index is 0.0902. The average Bonchev–Trinajstić information content (AvgIpc) is 3.00. The van der Waals surface area contributed by atoms with Crippen LogP contribution in [0.15, 0.2) is 35.1 Å². The summed E-state index contributed by atoms with van der Waals surface area (Å²) >= 11 is 0. The molecule has 0 fully saturated rings. The Morgan fingerprint density at radius 1 is 1.41 bits per heavy atom. The molecule has 2 rings (SSSR count). The molecule has 17 heavy (non-hydrogen) atoms. The summed E-state index contributed by atoms with van der Waals surface area (Å²) in [5.41, 5.74) is 1.15. The van der Waals surface area contributed by atoms with E-state index < -0.39 is 0 Å². The van der Waals surface area contributed by atoms with Crippen LogP contribution in [0.1, 0.15) is 37.8 Å². The molecule has 2 heterocycles. The standard InChI is InChI=1S/C13H19N3O/c1-3-8-14-13(12-6-5-10-17-12)11-7-9-15-16(11)4-2/h5-7,9-10,13-14H,3-4,8H2,1-2H3. The molecule has 0 aliphatic rings. The summed E-state index contributed by atoms with van der Waals surface area (Å²) in [6.07, 6.45) is 4.64. The number of hydrogen-bond donors (Lipinski definition) is 1. The van der Waals surface area contributed by atoms with Crippen LogP contribution in [-0.4, -0.2) is 16.3 Å². The van der Waals surface area contributed by atoms with Crippen molar-refractivity contribution in [2.24, 2.45) is 0 Å². The highest BCUT2D eigenvalue weighted by Crippen LogP contribution is 2.22. The van der Waals surface area contributed by atoms with Gasteiger partial charge in [-0.2, -0.15) is 5.10 Å². The van der Waals surface area contributed by atoms with E-state index in [2.05, 4.69) is 24.3 Å². The summed E-state index contributed by atoms with van der Waals surface area (Å²) in [5.74, 6) is 0.939. The van der Waals surface area contributed by atoms with Gasteiger partial charge in [-0.05, 0) is 38.1 Å². The first-order valence-corrected chi connectivity index (χ1v) is 6.15. The Labute approximate surface area is 102 Å². The molecule has 0 amide bonds. The van der Waals surface area contributed by atoms with E-state index in [1.54, 1.807) is 6.26 Å². The molecule has 0 bridgehead atoms. The highest BCUT2D eigenvalue weighted by molar-refractivity contribution is 5.19. The van der Waals surface area contributed by atoms with Gasteiger partial charge in [0.15, 0.2) is 0 Å². The number of aromatic nitrogens is 2. The van der Waals surface area contributed by atoms with Crippen LogP contribution in [0.2, 0.25) is 0 Å². The van der Waals surface area contributed by atoms with Gasteiger partial charge >= 0.3 is 0 Å². The summed E-state index contributed by atoms with van der Waals surface area (Å²) in [7, 11) is 0. The molecule has 0 aliphatic carbocycles. The monoisotopic (exact) mass is 233 g/mol. The summed E-state index contributed by atoms with van der Waals surface area (Å²) < 4.78 is 7.51. The van der Waals surface area contributed by atoms with Gasteiger partial charge in [0.25, 0.3) is 0 Å². The van der Waals surface area contributed by atoms with Crippen LogP contribution in [0.5, 0.6) is 0 Å². The van der Waals surface area contributed by atoms with Gasteiger partial charge < -0.3 is 9.73 Å². The topological polar surface area (TPSA) is 43.0 Å². The van der Waals surface area contributed by atoms with Crippen molar-refractivity contribution >= 4 is 0 Å². The molecule has 0 saturated heterocycles. The first-order chi connectivity index (χ1) is 8.36. The van der Waals surface area contributed by atoms with E-state index in [-0.39, 0.29) is 6.04 Å². The third kappa shape index (κ3) is 2.58. The maximum absolute atomic E-state index is 5.51. The van der Waals surface area contributed by atoms with Crippen LogP contribution in [0, 0.1) is 0 Å². The Morgan fingerprint density at radius 2 is 2.29 bits per heavy atom. The van der Waals surface area contributed by atoms with E-state index in [0.29, 0.717) is 0 Å². The zero-order valence-electron chi connectivity index (χ0n) is 10.4. The van der Waals surface area contributed by atoms with Crippen LogP contribution >= 0.6 is 0 Å². The zero-order valence-corrected chi connectivity index (χ0v) is 10.4. The second-order valence-corrected chi connectivity index (χ2v) is 3.97. The Hall–Kier alpha value is -1.55. The molecule has 4 nitrogen and oxygen atoms in total. The second kappa shape index (κ2) is 5.68. The number of hydrogen-bond acceptors (Lipinski definition) is 3. The molecular formula is C13H19N3O. The molecule has 0 aliphatic heterocycles. The molecule has 4 heteroatoms. The van der Waals surface area contributed by atoms with Crippen molar-refractivity contribution in [1.82, 2.24) is 15.1 Å². The minimum Gasteiger partial charge on any atom is -0.467 e. The molecule has 2 aromatic rings. The molecule has 0 aromatic carbocycles. The third-order valence-electron chi connectivity index (χ3n) is 2.77. The average molecular weight is 233 g/mol. The van der Waals surface area contributed by atoms with E-state index >= 15 is 0 Å². The van der Waals surface area contributed by atoms with Gasteiger partial charge in [-0.25, -0.2) is 0 Å². The van der Waals surface area contributed by atoms with Crippen molar-refractivity contribution in [1.29, 1.82) is 0 Å². The lowest BCUT2D eigenvalue weighted by Crippen LogP contribution is -2.25. The lowest BCUT2D eigenvalue weighted by molar-refractivity contribution is 0.427. The maximum Gasteiger partial charge on any atom is 0.126 e. The summed E-state index contributed by atoms with van der Waals surface area (Å²) in [5, 5.41) is 7.80. The van der Waals surface area contributed by atoms with E-state index in [1.807, 2.05) is 29.1 Å². The van der Waals surface area contributed by atoms with Crippen LogP contribution in [0.3, 0.4) is 0 Å². The number of nitrogens with one attached hydrogen (secondary N) is 1. The summed E-state index contributed by atoms with van der Waals surface area (Å²) in [6.45, 7) is 6.08. The van der Waals surface area contributed by atoms with Gasteiger partial charge in [0.1, 0.15) is 11.8 Å². The Morgan fingerprint density at radius 3 is 2.94 bits per heavy atom. The van der Waals surface area contributed by atoms with E-state index in [1.165, 1.54) is 0 Å². The van der Waals surface area contributed by atoms with Crippen LogP contribution in [-0.2, 0) is 6.54 Å². The van der Waals surface area contributed by atoms with E-state index in [9.17, 15) is 0 Å². The molecule has 0 radical (unpaired) electrons. The van der Waals surface area contributed by atoms with Crippen molar-refractivity contribution in [2.75, 3.05) is 6.54 Å². The molecule has 2 aromatic heterocycles. The third-order valence-corrected chi connectivity index (χ3v) is 2.77. The SMILES string of the molecule is CCCNC(c1ccco1)c1ccnn1CC. The Balaban J connectivity index is 2.27. The number of aryl methyl sites for hydroxylation is 1. The molecule has 92 valence electrons. The Bertz CT molecular complexity index is 433. The first-order valence-electron chi connectivity index (χ1n) is 6.15. The fraction of sp³-hybridized carbons (Fsp3) is 0.462. The van der Waals surface area contributed by atoms with Gasteiger partial charge in [0.05, 0.1) is 12.0 Å². The van der Waals surface area contributed by atoms with E-state index in [4.69, 9.17) is 4.42 Å². The summed E-state index contributed by atoms with van der Waals surface area (Å²) in [6, 6.07) is 6.05. The number of rotatable bonds is 6.